The number of halogens is 1. The molecule has 3 fully saturated rings. The fourth-order valence-electron chi connectivity index (χ4n) is 4.82. The highest BCUT2D eigenvalue weighted by Gasteiger charge is 2.38. The van der Waals surface area contributed by atoms with Gasteiger partial charge >= 0.3 is 0 Å². The van der Waals surface area contributed by atoms with Gasteiger partial charge in [0.05, 0.1) is 12.5 Å². The topological polar surface area (TPSA) is 60.9 Å². The molecule has 1 aliphatic carbocycles. The van der Waals surface area contributed by atoms with Gasteiger partial charge in [0.1, 0.15) is 5.82 Å². The van der Waals surface area contributed by atoms with Gasteiger partial charge < -0.3 is 14.7 Å². The molecule has 29 heavy (non-hydrogen) atoms. The van der Waals surface area contributed by atoms with Crippen LogP contribution in [-0.4, -0.2) is 64.6 Å². The number of carbonyl (C=O) groups excluding carboxylic acids is 3. The Kier molecular flexibility index (Phi) is 5.83. The van der Waals surface area contributed by atoms with E-state index in [9.17, 15) is 18.8 Å². The third kappa shape index (κ3) is 4.43. The van der Waals surface area contributed by atoms with Gasteiger partial charge in [-0.05, 0) is 37.0 Å². The number of nitrogens with zero attached hydrogens (tertiary/aromatic N) is 3. The molecule has 6 nitrogen and oxygen atoms in total. The molecule has 0 N–H and O–H groups in total. The highest BCUT2D eigenvalue weighted by Crippen LogP contribution is 2.29. The first-order valence-electron chi connectivity index (χ1n) is 10.6. The molecule has 2 heterocycles. The van der Waals surface area contributed by atoms with Crippen molar-refractivity contribution in [3.63, 3.8) is 0 Å². The highest BCUT2D eigenvalue weighted by molar-refractivity contribution is 5.88. The Hall–Kier alpha value is -2.44. The monoisotopic (exact) mass is 401 g/mol. The van der Waals surface area contributed by atoms with E-state index in [1.54, 1.807) is 21.9 Å². The number of likely N-dealkylation sites (tertiary alicyclic amines) is 1. The van der Waals surface area contributed by atoms with Crippen molar-refractivity contribution < 1.29 is 18.8 Å². The van der Waals surface area contributed by atoms with Crippen molar-refractivity contribution in [1.29, 1.82) is 0 Å². The summed E-state index contributed by atoms with van der Waals surface area (Å²) in [6.45, 7) is 1.82. The number of benzene rings is 1. The summed E-state index contributed by atoms with van der Waals surface area (Å²) < 4.78 is 13.4. The number of rotatable bonds is 4. The molecule has 4 rings (SSSR count). The number of hydrogen-bond donors (Lipinski definition) is 0. The zero-order valence-electron chi connectivity index (χ0n) is 16.7. The Bertz CT molecular complexity index is 793. The van der Waals surface area contributed by atoms with Crippen LogP contribution in [0.2, 0.25) is 0 Å². The van der Waals surface area contributed by atoms with Crippen LogP contribution in [0.3, 0.4) is 0 Å². The molecule has 0 spiro atoms. The molecule has 0 aromatic heterocycles. The van der Waals surface area contributed by atoms with E-state index in [1.807, 2.05) is 4.90 Å². The largest absolute Gasteiger partial charge is 0.339 e. The van der Waals surface area contributed by atoms with E-state index >= 15 is 0 Å². The van der Waals surface area contributed by atoms with E-state index in [4.69, 9.17) is 0 Å². The average Bonchev–Trinajstić information content (AvgIpc) is 3.24. The van der Waals surface area contributed by atoms with Crippen molar-refractivity contribution in [2.75, 3.05) is 26.2 Å². The van der Waals surface area contributed by atoms with Crippen molar-refractivity contribution >= 4 is 17.7 Å². The van der Waals surface area contributed by atoms with Gasteiger partial charge in [-0.3, -0.25) is 14.4 Å². The van der Waals surface area contributed by atoms with Crippen LogP contribution in [0.1, 0.15) is 44.1 Å². The third-order valence-electron chi connectivity index (χ3n) is 6.45. The van der Waals surface area contributed by atoms with E-state index in [-0.39, 0.29) is 42.0 Å². The molecule has 2 saturated heterocycles. The zero-order valence-corrected chi connectivity index (χ0v) is 16.7. The quantitative estimate of drug-likeness (QED) is 0.777. The van der Waals surface area contributed by atoms with Gasteiger partial charge in [-0.2, -0.15) is 0 Å². The molecule has 3 amide bonds. The van der Waals surface area contributed by atoms with Crippen molar-refractivity contribution in [2.45, 2.75) is 51.1 Å². The molecule has 156 valence electrons. The Morgan fingerprint density at radius 3 is 2.59 bits per heavy atom. The first-order valence-corrected chi connectivity index (χ1v) is 10.6. The van der Waals surface area contributed by atoms with Crippen LogP contribution in [0.4, 0.5) is 4.39 Å². The second-order valence-electron chi connectivity index (χ2n) is 8.42. The molecular formula is C22H28FN3O3. The minimum atomic E-state index is -0.317. The van der Waals surface area contributed by atoms with E-state index < -0.39 is 0 Å². The van der Waals surface area contributed by atoms with E-state index in [0.29, 0.717) is 39.0 Å². The Balaban J connectivity index is 1.34. The van der Waals surface area contributed by atoms with Gasteiger partial charge in [0.15, 0.2) is 0 Å². The van der Waals surface area contributed by atoms with E-state index in [1.165, 1.54) is 12.1 Å². The molecule has 0 bridgehead atoms. The highest BCUT2D eigenvalue weighted by atomic mass is 19.1. The molecule has 1 aromatic carbocycles. The standard InChI is InChI=1S/C22H28FN3O3/c23-18-5-3-4-16(12-18)13-24-10-11-25(15-21(24)28)22(29)17-8-9-20(27)26(14-17)19-6-1-2-7-19/h3-5,12,17,19H,1-2,6-11,13-15H2/t17-/m1/s1. The van der Waals surface area contributed by atoms with Crippen LogP contribution in [0.15, 0.2) is 24.3 Å². The van der Waals surface area contributed by atoms with Gasteiger partial charge in [0.25, 0.3) is 0 Å². The maximum Gasteiger partial charge on any atom is 0.242 e. The lowest BCUT2D eigenvalue weighted by Crippen LogP contribution is -2.55. The average molecular weight is 401 g/mol. The van der Waals surface area contributed by atoms with E-state index in [0.717, 1.165) is 31.2 Å². The first kappa shape index (κ1) is 19.9. The summed E-state index contributed by atoms with van der Waals surface area (Å²) in [5.74, 6) is -0.497. The fourth-order valence-corrected chi connectivity index (χ4v) is 4.82. The SMILES string of the molecule is O=C1CN(C(=O)[C@@H]2CCC(=O)N(C3CCCC3)C2)CCN1Cc1cccc(F)c1. The number of piperazine rings is 1. The Morgan fingerprint density at radius 2 is 1.86 bits per heavy atom. The minimum absolute atomic E-state index is 0.0146. The number of carbonyl (C=O) groups is 3. The lowest BCUT2D eigenvalue weighted by molar-refractivity contribution is -0.151. The van der Waals surface area contributed by atoms with Crippen LogP contribution in [-0.2, 0) is 20.9 Å². The molecule has 1 atom stereocenters. The molecule has 0 radical (unpaired) electrons. The summed E-state index contributed by atoms with van der Waals surface area (Å²) in [6, 6.07) is 6.52. The molecule has 1 saturated carbocycles. The van der Waals surface area contributed by atoms with Crippen molar-refractivity contribution in [2.24, 2.45) is 5.92 Å². The molecule has 3 aliphatic rings. The summed E-state index contributed by atoms with van der Waals surface area (Å²) >= 11 is 0. The lowest BCUT2D eigenvalue weighted by atomic mass is 9.94. The normalized spacial score (nSPS) is 23.8. The maximum atomic E-state index is 13.4. The molecule has 1 aromatic rings. The smallest absolute Gasteiger partial charge is 0.242 e. The van der Waals surface area contributed by atoms with Crippen LogP contribution in [0.5, 0.6) is 0 Å². The number of amides is 3. The van der Waals surface area contributed by atoms with Crippen molar-refractivity contribution in [3.05, 3.63) is 35.6 Å². The van der Waals surface area contributed by atoms with Crippen LogP contribution in [0, 0.1) is 11.7 Å². The van der Waals surface area contributed by atoms with Crippen LogP contribution < -0.4 is 0 Å². The van der Waals surface area contributed by atoms with E-state index in [2.05, 4.69) is 0 Å². The predicted octanol–water partition coefficient (Wildman–Crippen LogP) is 2.18. The first-order chi connectivity index (χ1) is 14.0. The minimum Gasteiger partial charge on any atom is -0.339 e. The number of piperidine rings is 1. The molecule has 7 heteroatoms. The van der Waals surface area contributed by atoms with Crippen molar-refractivity contribution in [1.82, 2.24) is 14.7 Å². The number of hydrogen-bond acceptors (Lipinski definition) is 3. The summed E-state index contributed by atoms with van der Waals surface area (Å²) in [7, 11) is 0. The molecule has 2 aliphatic heterocycles. The summed E-state index contributed by atoms with van der Waals surface area (Å²) in [4.78, 5) is 43.2. The Labute approximate surface area is 170 Å². The van der Waals surface area contributed by atoms with Gasteiger partial charge in [0, 0.05) is 38.6 Å². The molecule has 0 unspecified atom stereocenters. The predicted molar refractivity (Wildman–Crippen MR) is 105 cm³/mol. The maximum absolute atomic E-state index is 13.4. The van der Waals surface area contributed by atoms with Crippen molar-refractivity contribution in [3.8, 4) is 0 Å². The summed E-state index contributed by atoms with van der Waals surface area (Å²) in [6.07, 6.45) is 5.34. The van der Waals surface area contributed by atoms with Crippen LogP contribution >= 0.6 is 0 Å². The summed E-state index contributed by atoms with van der Waals surface area (Å²) in [5.41, 5.74) is 0.746. The van der Waals surface area contributed by atoms with Crippen LogP contribution in [0.25, 0.3) is 0 Å². The van der Waals surface area contributed by atoms with Gasteiger partial charge in [0.2, 0.25) is 17.7 Å². The van der Waals surface area contributed by atoms with Gasteiger partial charge in [-0.1, -0.05) is 25.0 Å². The van der Waals surface area contributed by atoms with Gasteiger partial charge in [-0.25, -0.2) is 4.39 Å². The van der Waals surface area contributed by atoms with Gasteiger partial charge in [-0.15, -0.1) is 0 Å². The zero-order chi connectivity index (χ0) is 20.4. The second kappa shape index (κ2) is 8.51. The fraction of sp³-hybridized carbons (Fsp3) is 0.591. The molecular weight excluding hydrogens is 373 g/mol. The summed E-state index contributed by atoms with van der Waals surface area (Å²) in [5, 5.41) is 0. The Morgan fingerprint density at radius 1 is 1.07 bits per heavy atom. The third-order valence-corrected chi connectivity index (χ3v) is 6.45. The second-order valence-corrected chi connectivity index (χ2v) is 8.42. The lowest BCUT2D eigenvalue weighted by Gasteiger charge is -2.40.